The molecule has 0 spiro atoms. The highest BCUT2D eigenvalue weighted by Crippen LogP contribution is 2.16. The van der Waals surface area contributed by atoms with Gasteiger partial charge in [-0.05, 0) is 61.9 Å². The summed E-state index contributed by atoms with van der Waals surface area (Å²) in [5, 5.41) is 4.67. The number of halogens is 1. The molecule has 0 saturated heterocycles. The van der Waals surface area contributed by atoms with Crippen LogP contribution in [-0.2, 0) is 13.0 Å². The van der Waals surface area contributed by atoms with Crippen LogP contribution in [0.15, 0.2) is 77.6 Å². The lowest BCUT2D eigenvalue weighted by Crippen LogP contribution is -2.28. The van der Waals surface area contributed by atoms with Gasteiger partial charge in [0, 0.05) is 5.02 Å². The van der Waals surface area contributed by atoms with Crippen molar-refractivity contribution in [2.75, 3.05) is 6.54 Å². The second-order valence-corrected chi connectivity index (χ2v) is 7.51. The first kappa shape index (κ1) is 19.4. The van der Waals surface area contributed by atoms with E-state index in [-0.39, 0.29) is 5.56 Å². The Morgan fingerprint density at radius 2 is 1.69 bits per heavy atom. The Hall–Kier alpha value is -2.95. The molecule has 0 aliphatic rings. The van der Waals surface area contributed by atoms with Gasteiger partial charge in [-0.3, -0.25) is 9.36 Å². The van der Waals surface area contributed by atoms with Gasteiger partial charge in [0.05, 0.1) is 23.1 Å². The lowest BCUT2D eigenvalue weighted by molar-refractivity contribution is 0.642. The minimum Gasteiger partial charge on any atom is -0.310 e. The second-order valence-electron chi connectivity index (χ2n) is 7.07. The van der Waals surface area contributed by atoms with Crippen LogP contribution >= 0.6 is 11.6 Å². The largest absolute Gasteiger partial charge is 0.310 e. The van der Waals surface area contributed by atoms with Gasteiger partial charge in [-0.2, -0.15) is 0 Å². The maximum absolute atomic E-state index is 13.2. The molecule has 0 saturated carbocycles. The summed E-state index contributed by atoms with van der Waals surface area (Å²) in [5.74, 6) is 0.680. The van der Waals surface area contributed by atoms with E-state index in [0.29, 0.717) is 28.3 Å². The van der Waals surface area contributed by atoms with Crippen LogP contribution in [0.4, 0.5) is 0 Å². The molecule has 1 heterocycles. The zero-order chi connectivity index (χ0) is 20.2. The van der Waals surface area contributed by atoms with Crippen molar-refractivity contribution in [3.8, 4) is 5.69 Å². The van der Waals surface area contributed by atoms with Crippen LogP contribution in [0.3, 0.4) is 0 Å². The number of hydrogen-bond acceptors (Lipinski definition) is 3. The molecule has 0 aliphatic carbocycles. The van der Waals surface area contributed by atoms with Gasteiger partial charge in [0.25, 0.3) is 5.56 Å². The highest BCUT2D eigenvalue weighted by Gasteiger charge is 2.12. The lowest BCUT2D eigenvalue weighted by Gasteiger charge is -2.14. The van der Waals surface area contributed by atoms with Crippen molar-refractivity contribution >= 4 is 22.5 Å². The topological polar surface area (TPSA) is 46.9 Å². The van der Waals surface area contributed by atoms with E-state index in [1.165, 1.54) is 11.1 Å². The molecule has 29 heavy (non-hydrogen) atoms. The van der Waals surface area contributed by atoms with Gasteiger partial charge in [-0.15, -0.1) is 0 Å². The molecule has 3 aromatic carbocycles. The third-order valence-corrected chi connectivity index (χ3v) is 5.18. The average molecular weight is 404 g/mol. The van der Waals surface area contributed by atoms with Crippen molar-refractivity contribution in [1.82, 2.24) is 14.9 Å². The third-order valence-electron chi connectivity index (χ3n) is 4.92. The fourth-order valence-corrected chi connectivity index (χ4v) is 3.47. The molecule has 1 aromatic heterocycles. The lowest BCUT2D eigenvalue weighted by atomic mass is 10.1. The summed E-state index contributed by atoms with van der Waals surface area (Å²) in [6, 6.07) is 23.2. The first-order valence-electron chi connectivity index (χ1n) is 9.65. The number of nitrogens with zero attached hydrogens (tertiary/aromatic N) is 2. The normalized spacial score (nSPS) is 11.1. The van der Waals surface area contributed by atoms with E-state index in [4.69, 9.17) is 16.6 Å². The van der Waals surface area contributed by atoms with Crippen molar-refractivity contribution < 1.29 is 0 Å². The zero-order valence-corrected chi connectivity index (χ0v) is 17.0. The highest BCUT2D eigenvalue weighted by molar-refractivity contribution is 6.30. The molecule has 5 heteroatoms. The van der Waals surface area contributed by atoms with Crippen molar-refractivity contribution in [2.24, 2.45) is 0 Å². The van der Waals surface area contributed by atoms with Gasteiger partial charge in [0.2, 0.25) is 0 Å². The number of nitrogens with one attached hydrogen (secondary N) is 1. The van der Waals surface area contributed by atoms with Crippen LogP contribution in [0, 0.1) is 6.92 Å². The van der Waals surface area contributed by atoms with Crippen LogP contribution in [-0.4, -0.2) is 16.1 Å². The molecule has 4 rings (SSSR count). The third kappa shape index (κ3) is 4.39. The summed E-state index contributed by atoms with van der Waals surface area (Å²) < 4.78 is 1.66. The average Bonchev–Trinajstić information content (AvgIpc) is 2.74. The summed E-state index contributed by atoms with van der Waals surface area (Å²) in [6.07, 6.45) is 0.916. The van der Waals surface area contributed by atoms with E-state index in [2.05, 4.69) is 36.5 Å². The van der Waals surface area contributed by atoms with E-state index < -0.39 is 0 Å². The van der Waals surface area contributed by atoms with Gasteiger partial charge >= 0.3 is 0 Å². The molecule has 0 aliphatic heterocycles. The van der Waals surface area contributed by atoms with E-state index in [9.17, 15) is 4.79 Å². The Kier molecular flexibility index (Phi) is 5.74. The predicted molar refractivity (Wildman–Crippen MR) is 119 cm³/mol. The molecule has 0 bridgehead atoms. The van der Waals surface area contributed by atoms with Gasteiger partial charge in [-0.1, -0.05) is 53.6 Å². The Bertz CT molecular complexity index is 1180. The number of para-hydroxylation sites is 1. The van der Waals surface area contributed by atoms with Crippen molar-refractivity contribution in [1.29, 1.82) is 0 Å². The summed E-state index contributed by atoms with van der Waals surface area (Å²) >= 11 is 6.03. The standard InChI is InChI=1S/C24H22ClN3O/c1-17-6-8-18(9-7-17)14-15-26-16-23-27-22-5-3-2-4-21(22)24(29)28(23)20-12-10-19(25)11-13-20/h2-13,26H,14-16H2,1H3. The Morgan fingerprint density at radius 1 is 0.966 bits per heavy atom. The van der Waals surface area contributed by atoms with Crippen molar-refractivity contribution in [3.63, 3.8) is 0 Å². The van der Waals surface area contributed by atoms with Gasteiger partial charge in [0.15, 0.2) is 0 Å². The maximum atomic E-state index is 13.2. The Morgan fingerprint density at radius 3 is 2.45 bits per heavy atom. The summed E-state index contributed by atoms with van der Waals surface area (Å²) in [5.41, 5.74) is 3.93. The van der Waals surface area contributed by atoms with Gasteiger partial charge in [-0.25, -0.2) is 4.98 Å². The molecule has 0 atom stereocenters. The molecule has 0 amide bonds. The van der Waals surface area contributed by atoms with Crippen LogP contribution in [0.1, 0.15) is 17.0 Å². The minimum absolute atomic E-state index is 0.0757. The van der Waals surface area contributed by atoms with Crippen LogP contribution in [0.2, 0.25) is 5.02 Å². The molecular weight excluding hydrogens is 382 g/mol. The molecule has 4 aromatic rings. The molecule has 4 nitrogen and oxygen atoms in total. The number of aryl methyl sites for hydroxylation is 1. The van der Waals surface area contributed by atoms with Crippen molar-refractivity contribution in [2.45, 2.75) is 19.9 Å². The highest BCUT2D eigenvalue weighted by atomic mass is 35.5. The van der Waals surface area contributed by atoms with Gasteiger partial charge in [0.1, 0.15) is 5.82 Å². The number of aromatic nitrogens is 2. The number of rotatable bonds is 6. The number of fused-ring (bicyclic) bond motifs is 1. The Balaban J connectivity index is 1.61. The minimum atomic E-state index is -0.0757. The van der Waals surface area contributed by atoms with E-state index in [0.717, 1.165) is 18.7 Å². The molecule has 0 radical (unpaired) electrons. The smallest absolute Gasteiger partial charge is 0.266 e. The molecule has 146 valence electrons. The fourth-order valence-electron chi connectivity index (χ4n) is 3.34. The zero-order valence-electron chi connectivity index (χ0n) is 16.2. The first-order chi connectivity index (χ1) is 14.1. The quantitative estimate of drug-likeness (QED) is 0.475. The van der Waals surface area contributed by atoms with Crippen molar-refractivity contribution in [3.05, 3.63) is 105 Å². The van der Waals surface area contributed by atoms with Gasteiger partial charge < -0.3 is 5.32 Å². The Labute approximate surface area is 174 Å². The van der Waals surface area contributed by atoms with Crippen LogP contribution in [0.25, 0.3) is 16.6 Å². The number of benzene rings is 3. The SMILES string of the molecule is Cc1ccc(CCNCc2nc3ccccc3c(=O)n2-c2ccc(Cl)cc2)cc1. The van der Waals surface area contributed by atoms with Crippen LogP contribution in [0.5, 0.6) is 0 Å². The molecule has 1 N–H and O–H groups in total. The van der Waals surface area contributed by atoms with E-state index in [1.807, 2.05) is 36.4 Å². The second kappa shape index (κ2) is 8.60. The molecular formula is C24H22ClN3O. The van der Waals surface area contributed by atoms with E-state index in [1.54, 1.807) is 16.7 Å². The maximum Gasteiger partial charge on any atom is 0.266 e. The monoisotopic (exact) mass is 403 g/mol. The van der Waals surface area contributed by atoms with Crippen LogP contribution < -0.4 is 10.9 Å². The predicted octanol–water partition coefficient (Wildman–Crippen LogP) is 4.68. The van der Waals surface area contributed by atoms with E-state index >= 15 is 0 Å². The molecule has 0 fully saturated rings. The fraction of sp³-hybridized carbons (Fsp3) is 0.167. The number of hydrogen-bond donors (Lipinski definition) is 1. The molecule has 0 unspecified atom stereocenters. The first-order valence-corrected chi connectivity index (χ1v) is 10.0. The summed E-state index contributed by atoms with van der Waals surface area (Å²) in [4.78, 5) is 17.9. The summed E-state index contributed by atoms with van der Waals surface area (Å²) in [7, 11) is 0. The summed E-state index contributed by atoms with van der Waals surface area (Å²) in [6.45, 7) is 3.38.